The Balaban J connectivity index is 1.87. The molecular weight excluding hydrogens is 417 g/mol. The van der Waals surface area contributed by atoms with Gasteiger partial charge in [-0.25, -0.2) is 8.42 Å². The van der Waals surface area contributed by atoms with Crippen molar-refractivity contribution >= 4 is 38.9 Å². The fourth-order valence-electron chi connectivity index (χ4n) is 2.91. The van der Waals surface area contributed by atoms with Crippen molar-refractivity contribution in [2.45, 2.75) is 38.6 Å². The minimum Gasteiger partial charge on any atom is -0.276 e. The van der Waals surface area contributed by atoms with Crippen LogP contribution in [0, 0.1) is 13.8 Å². The highest BCUT2D eigenvalue weighted by molar-refractivity contribution is 7.92. The summed E-state index contributed by atoms with van der Waals surface area (Å²) in [6.45, 7) is 6.08. The van der Waals surface area contributed by atoms with E-state index in [1.54, 1.807) is 35.9 Å². The molecule has 0 aliphatic heterocycles. The molecule has 0 saturated carbocycles. The molecule has 0 aliphatic carbocycles. The van der Waals surface area contributed by atoms with E-state index in [-0.39, 0.29) is 4.90 Å². The van der Waals surface area contributed by atoms with Gasteiger partial charge in [0.2, 0.25) is 0 Å². The topological polar surface area (TPSA) is 64.0 Å². The summed E-state index contributed by atoms with van der Waals surface area (Å²) in [4.78, 5) is 0.223. The Hall–Kier alpha value is -2.02. The first-order chi connectivity index (χ1) is 13.2. The minimum absolute atomic E-state index is 0.223. The molecule has 0 radical (unpaired) electrons. The van der Waals surface area contributed by atoms with Crippen LogP contribution in [0.3, 0.4) is 0 Å². The molecule has 2 aromatic carbocycles. The second kappa shape index (κ2) is 8.15. The van der Waals surface area contributed by atoms with Crippen LogP contribution in [-0.2, 0) is 23.0 Å². The third kappa shape index (κ3) is 4.35. The summed E-state index contributed by atoms with van der Waals surface area (Å²) in [6, 6.07) is 12.2. The van der Waals surface area contributed by atoms with E-state index in [0.29, 0.717) is 28.0 Å². The van der Waals surface area contributed by atoms with Gasteiger partial charge in [-0.15, -0.1) is 0 Å². The van der Waals surface area contributed by atoms with Crippen molar-refractivity contribution in [3.63, 3.8) is 0 Å². The Bertz CT molecular complexity index is 1110. The fraction of sp³-hybridized carbons (Fsp3) is 0.250. The van der Waals surface area contributed by atoms with Crippen molar-refractivity contribution in [2.24, 2.45) is 0 Å². The Morgan fingerprint density at radius 3 is 2.25 bits per heavy atom. The number of hydrogen-bond donors (Lipinski definition) is 1. The van der Waals surface area contributed by atoms with Crippen LogP contribution in [0.4, 0.5) is 5.69 Å². The van der Waals surface area contributed by atoms with Gasteiger partial charge < -0.3 is 0 Å². The van der Waals surface area contributed by atoms with E-state index in [1.807, 2.05) is 32.0 Å². The summed E-state index contributed by atoms with van der Waals surface area (Å²) < 4.78 is 30.0. The maximum Gasteiger partial charge on any atom is 0.262 e. The number of sulfonamides is 1. The van der Waals surface area contributed by atoms with Crippen molar-refractivity contribution < 1.29 is 8.42 Å². The van der Waals surface area contributed by atoms with E-state index in [2.05, 4.69) is 9.82 Å². The third-order valence-electron chi connectivity index (χ3n) is 4.58. The predicted octanol–water partition coefficient (Wildman–Crippen LogP) is 5.22. The molecule has 148 valence electrons. The lowest BCUT2D eigenvalue weighted by molar-refractivity contribution is 0.601. The van der Waals surface area contributed by atoms with Crippen LogP contribution in [0.2, 0.25) is 10.0 Å². The first-order valence-corrected chi connectivity index (χ1v) is 11.0. The average molecular weight is 438 g/mol. The summed E-state index contributed by atoms with van der Waals surface area (Å²) in [5, 5.41) is 5.43. The molecule has 8 heteroatoms. The number of aryl methyl sites for hydroxylation is 2. The highest BCUT2D eigenvalue weighted by Gasteiger charge is 2.20. The Morgan fingerprint density at radius 1 is 1.00 bits per heavy atom. The molecule has 0 fully saturated rings. The first-order valence-electron chi connectivity index (χ1n) is 8.81. The summed E-state index contributed by atoms with van der Waals surface area (Å²) >= 11 is 12.0. The van der Waals surface area contributed by atoms with Crippen molar-refractivity contribution in [2.75, 3.05) is 4.72 Å². The van der Waals surface area contributed by atoms with Gasteiger partial charge in [-0.1, -0.05) is 48.3 Å². The molecule has 0 atom stereocenters. The second-order valence-electron chi connectivity index (χ2n) is 6.55. The summed E-state index contributed by atoms with van der Waals surface area (Å²) in [5.74, 6) is 0. The lowest BCUT2D eigenvalue weighted by atomic mass is 10.2. The van der Waals surface area contributed by atoms with Crippen molar-refractivity contribution in [3.05, 3.63) is 75.0 Å². The van der Waals surface area contributed by atoms with E-state index in [9.17, 15) is 8.42 Å². The fourth-order valence-corrected chi connectivity index (χ4v) is 4.40. The molecule has 5 nitrogen and oxygen atoms in total. The molecule has 0 unspecified atom stereocenters. The summed E-state index contributed by atoms with van der Waals surface area (Å²) in [7, 11) is -3.70. The number of rotatable bonds is 6. The summed E-state index contributed by atoms with van der Waals surface area (Å²) in [5.41, 5.74) is 3.81. The van der Waals surface area contributed by atoms with Gasteiger partial charge in [-0.3, -0.25) is 9.40 Å². The molecule has 0 bridgehead atoms. The number of halogens is 2. The Morgan fingerprint density at radius 2 is 1.64 bits per heavy atom. The molecule has 1 aromatic heterocycles. The van der Waals surface area contributed by atoms with E-state index in [1.165, 1.54) is 0 Å². The van der Waals surface area contributed by atoms with Gasteiger partial charge in [0.1, 0.15) is 0 Å². The Kier molecular flexibility index (Phi) is 6.03. The van der Waals surface area contributed by atoms with Crippen LogP contribution in [-0.4, -0.2) is 18.2 Å². The van der Waals surface area contributed by atoms with Gasteiger partial charge in [0, 0.05) is 0 Å². The van der Waals surface area contributed by atoms with E-state index < -0.39 is 10.0 Å². The van der Waals surface area contributed by atoms with Gasteiger partial charge in [-0.05, 0) is 55.7 Å². The SMILES string of the molecule is CCc1ccc(S(=O)(=O)Nc2c(C)nn(Cc3ccc(Cl)c(Cl)c3)c2C)cc1. The van der Waals surface area contributed by atoms with Crippen LogP contribution in [0.5, 0.6) is 0 Å². The van der Waals surface area contributed by atoms with Gasteiger partial charge in [-0.2, -0.15) is 5.10 Å². The van der Waals surface area contributed by atoms with Gasteiger partial charge in [0.25, 0.3) is 10.0 Å². The van der Waals surface area contributed by atoms with Gasteiger partial charge in [0.05, 0.1) is 38.6 Å². The minimum atomic E-state index is -3.70. The summed E-state index contributed by atoms with van der Waals surface area (Å²) in [6.07, 6.45) is 0.855. The average Bonchev–Trinajstić information content (AvgIpc) is 2.92. The maximum absolute atomic E-state index is 12.8. The zero-order chi connectivity index (χ0) is 20.5. The quantitative estimate of drug-likeness (QED) is 0.574. The molecule has 0 aliphatic rings. The zero-order valence-corrected chi connectivity index (χ0v) is 18.2. The van der Waals surface area contributed by atoms with Crippen LogP contribution in [0.15, 0.2) is 47.4 Å². The number of nitrogens with one attached hydrogen (secondary N) is 1. The molecule has 1 N–H and O–H groups in total. The number of aromatic nitrogens is 2. The number of benzene rings is 2. The molecular formula is C20H21Cl2N3O2S. The monoisotopic (exact) mass is 437 g/mol. The van der Waals surface area contributed by atoms with Crippen LogP contribution >= 0.6 is 23.2 Å². The number of hydrogen-bond acceptors (Lipinski definition) is 3. The van der Waals surface area contributed by atoms with E-state index in [4.69, 9.17) is 23.2 Å². The standard InChI is InChI=1S/C20H21Cl2N3O2S/c1-4-15-5-8-17(9-6-15)28(26,27)24-20-13(2)23-25(14(20)3)12-16-7-10-18(21)19(22)11-16/h5-11,24H,4,12H2,1-3H3. The van der Waals surface area contributed by atoms with Crippen molar-refractivity contribution in [3.8, 4) is 0 Å². The largest absolute Gasteiger partial charge is 0.276 e. The maximum atomic E-state index is 12.8. The highest BCUT2D eigenvalue weighted by Crippen LogP contribution is 2.26. The van der Waals surface area contributed by atoms with Crippen LogP contribution in [0.1, 0.15) is 29.4 Å². The number of nitrogens with zero attached hydrogens (tertiary/aromatic N) is 2. The molecule has 0 saturated heterocycles. The van der Waals surface area contributed by atoms with Crippen LogP contribution < -0.4 is 4.72 Å². The number of anilines is 1. The zero-order valence-electron chi connectivity index (χ0n) is 15.8. The third-order valence-corrected chi connectivity index (χ3v) is 6.68. The van der Waals surface area contributed by atoms with Gasteiger partial charge in [0.15, 0.2) is 0 Å². The highest BCUT2D eigenvalue weighted by atomic mass is 35.5. The molecule has 28 heavy (non-hydrogen) atoms. The lowest BCUT2D eigenvalue weighted by Crippen LogP contribution is -2.14. The van der Waals surface area contributed by atoms with E-state index >= 15 is 0 Å². The van der Waals surface area contributed by atoms with E-state index in [0.717, 1.165) is 23.2 Å². The van der Waals surface area contributed by atoms with Gasteiger partial charge >= 0.3 is 0 Å². The van der Waals surface area contributed by atoms with Crippen LogP contribution in [0.25, 0.3) is 0 Å². The predicted molar refractivity (Wildman–Crippen MR) is 114 cm³/mol. The smallest absolute Gasteiger partial charge is 0.262 e. The normalized spacial score (nSPS) is 11.6. The Labute approximate surface area is 175 Å². The molecule has 1 heterocycles. The first kappa shape index (κ1) is 20.7. The lowest BCUT2D eigenvalue weighted by Gasteiger charge is -2.10. The molecule has 0 spiro atoms. The molecule has 3 rings (SSSR count). The van der Waals surface area contributed by atoms with Crippen molar-refractivity contribution in [1.29, 1.82) is 0 Å². The second-order valence-corrected chi connectivity index (χ2v) is 9.05. The molecule has 0 amide bonds. The molecule has 3 aromatic rings. The van der Waals surface area contributed by atoms with Crippen molar-refractivity contribution in [1.82, 2.24) is 9.78 Å².